The molecule has 25 heavy (non-hydrogen) atoms. The summed E-state index contributed by atoms with van der Waals surface area (Å²) >= 11 is 6.37. The summed E-state index contributed by atoms with van der Waals surface area (Å²) in [6, 6.07) is 16.7. The number of methoxy groups -OCH3 is 1. The summed E-state index contributed by atoms with van der Waals surface area (Å²) in [5.41, 5.74) is 2.40. The van der Waals surface area contributed by atoms with Crippen LogP contribution in [-0.4, -0.2) is 22.9 Å². The molecule has 0 saturated heterocycles. The van der Waals surface area contributed by atoms with E-state index in [1.165, 1.54) is 4.68 Å². The molecule has 0 bridgehead atoms. The van der Waals surface area contributed by atoms with Crippen molar-refractivity contribution in [3.8, 4) is 11.4 Å². The van der Waals surface area contributed by atoms with E-state index in [0.29, 0.717) is 11.4 Å². The number of nitrogens with zero attached hydrogens (tertiary/aromatic N) is 2. The van der Waals surface area contributed by atoms with E-state index >= 15 is 0 Å². The van der Waals surface area contributed by atoms with Crippen LogP contribution in [0.4, 0.5) is 0 Å². The Balaban J connectivity index is 1.79. The molecule has 0 unspecified atom stereocenters. The number of hydrogen-bond donors (Lipinski definition) is 0. The van der Waals surface area contributed by atoms with Crippen molar-refractivity contribution in [1.29, 1.82) is 0 Å². The number of aromatic nitrogens is 2. The molecule has 0 saturated carbocycles. The van der Waals surface area contributed by atoms with Crippen molar-refractivity contribution in [1.82, 2.24) is 9.78 Å². The summed E-state index contributed by atoms with van der Waals surface area (Å²) in [7, 11) is 1.59. The van der Waals surface area contributed by atoms with Crippen LogP contribution < -0.4 is 4.74 Å². The summed E-state index contributed by atoms with van der Waals surface area (Å²) in [5.74, 6) is 0.201. The molecule has 128 valence electrons. The number of ether oxygens (including phenoxy) is 2. The van der Waals surface area contributed by atoms with E-state index in [4.69, 9.17) is 21.1 Å². The number of aryl methyl sites for hydroxylation is 1. The molecular weight excluding hydrogens is 340 g/mol. The molecule has 0 aliphatic rings. The summed E-state index contributed by atoms with van der Waals surface area (Å²) in [5, 5.41) is 4.58. The monoisotopic (exact) mass is 356 g/mol. The first kappa shape index (κ1) is 17.0. The van der Waals surface area contributed by atoms with Crippen molar-refractivity contribution in [3.63, 3.8) is 0 Å². The van der Waals surface area contributed by atoms with Gasteiger partial charge >= 0.3 is 5.97 Å². The highest BCUT2D eigenvalue weighted by atomic mass is 35.5. The molecule has 6 heteroatoms. The average molecular weight is 357 g/mol. The fourth-order valence-corrected chi connectivity index (χ4v) is 2.80. The molecule has 5 nitrogen and oxygen atoms in total. The van der Waals surface area contributed by atoms with Crippen molar-refractivity contribution in [3.05, 3.63) is 76.6 Å². The first-order valence-electron chi connectivity index (χ1n) is 7.70. The third kappa shape index (κ3) is 3.67. The van der Waals surface area contributed by atoms with Gasteiger partial charge in [-0.3, -0.25) is 0 Å². The zero-order valence-electron chi connectivity index (χ0n) is 13.9. The minimum absolute atomic E-state index is 0.127. The van der Waals surface area contributed by atoms with Crippen molar-refractivity contribution in [2.45, 2.75) is 13.5 Å². The zero-order chi connectivity index (χ0) is 17.8. The third-order valence-corrected chi connectivity index (χ3v) is 4.06. The molecular formula is C19H17ClN2O3. The fraction of sp³-hybridized carbons (Fsp3) is 0.158. The maximum Gasteiger partial charge on any atom is 0.343 e. The number of carbonyl (C=O) groups is 1. The maximum atomic E-state index is 12.5. The summed E-state index contributed by atoms with van der Waals surface area (Å²) in [6.45, 7) is 1.86. The molecule has 0 aliphatic heterocycles. The van der Waals surface area contributed by atoms with Crippen LogP contribution in [0.2, 0.25) is 5.15 Å². The topological polar surface area (TPSA) is 53.4 Å². The summed E-state index contributed by atoms with van der Waals surface area (Å²) in [4.78, 5) is 12.5. The third-order valence-electron chi connectivity index (χ3n) is 3.71. The highest BCUT2D eigenvalue weighted by molar-refractivity contribution is 6.33. The van der Waals surface area contributed by atoms with Crippen LogP contribution in [0.1, 0.15) is 21.6 Å². The Kier molecular flexibility index (Phi) is 5.05. The summed E-state index contributed by atoms with van der Waals surface area (Å²) < 4.78 is 12.1. The van der Waals surface area contributed by atoms with Gasteiger partial charge in [-0.1, -0.05) is 41.9 Å². The van der Waals surface area contributed by atoms with Crippen molar-refractivity contribution < 1.29 is 14.3 Å². The van der Waals surface area contributed by atoms with Gasteiger partial charge in [0.05, 0.1) is 18.5 Å². The quantitative estimate of drug-likeness (QED) is 0.643. The highest BCUT2D eigenvalue weighted by Crippen LogP contribution is 2.24. The maximum absolute atomic E-state index is 12.5. The normalized spacial score (nSPS) is 10.5. The number of halogens is 1. The van der Waals surface area contributed by atoms with Gasteiger partial charge in [0.1, 0.15) is 23.1 Å². The van der Waals surface area contributed by atoms with E-state index in [1.807, 2.05) is 54.6 Å². The second-order valence-corrected chi connectivity index (χ2v) is 5.78. The van der Waals surface area contributed by atoms with Gasteiger partial charge in [0.2, 0.25) is 0 Å². The number of rotatable bonds is 5. The highest BCUT2D eigenvalue weighted by Gasteiger charge is 2.22. The fourth-order valence-electron chi connectivity index (χ4n) is 2.45. The molecule has 0 radical (unpaired) electrons. The lowest BCUT2D eigenvalue weighted by molar-refractivity contribution is 0.0472. The molecule has 0 atom stereocenters. The first-order valence-corrected chi connectivity index (χ1v) is 8.08. The van der Waals surface area contributed by atoms with Crippen LogP contribution in [0.5, 0.6) is 5.75 Å². The van der Waals surface area contributed by atoms with E-state index in [9.17, 15) is 4.79 Å². The van der Waals surface area contributed by atoms with Crippen LogP contribution in [0.15, 0.2) is 54.6 Å². The number of benzene rings is 2. The van der Waals surface area contributed by atoms with Crippen LogP contribution in [0, 0.1) is 6.92 Å². The molecule has 0 amide bonds. The molecule has 3 aromatic rings. The van der Waals surface area contributed by atoms with E-state index in [1.54, 1.807) is 14.0 Å². The first-order chi connectivity index (χ1) is 12.1. The Morgan fingerprint density at radius 1 is 1.16 bits per heavy atom. The van der Waals surface area contributed by atoms with Gasteiger partial charge in [0.25, 0.3) is 0 Å². The predicted molar refractivity (Wildman–Crippen MR) is 95.4 cm³/mol. The Bertz CT molecular complexity index is 891. The van der Waals surface area contributed by atoms with Crippen LogP contribution in [0.25, 0.3) is 5.69 Å². The van der Waals surface area contributed by atoms with E-state index < -0.39 is 5.97 Å². The van der Waals surface area contributed by atoms with Gasteiger partial charge in [-0.25, -0.2) is 9.48 Å². The number of para-hydroxylation sites is 1. The van der Waals surface area contributed by atoms with E-state index in [2.05, 4.69) is 5.10 Å². The molecule has 1 aromatic heterocycles. The zero-order valence-corrected chi connectivity index (χ0v) is 14.7. The predicted octanol–water partition coefficient (Wildman–Crippen LogP) is 4.20. The van der Waals surface area contributed by atoms with Crippen molar-refractivity contribution in [2.75, 3.05) is 7.11 Å². The molecule has 0 aliphatic carbocycles. The van der Waals surface area contributed by atoms with Crippen LogP contribution in [0.3, 0.4) is 0 Å². The second-order valence-electron chi connectivity index (χ2n) is 5.43. The number of carbonyl (C=O) groups excluding carboxylic acids is 1. The Morgan fingerprint density at radius 3 is 2.64 bits per heavy atom. The smallest absolute Gasteiger partial charge is 0.343 e. The van der Waals surface area contributed by atoms with Crippen molar-refractivity contribution >= 4 is 17.6 Å². The van der Waals surface area contributed by atoms with Crippen LogP contribution in [-0.2, 0) is 11.3 Å². The van der Waals surface area contributed by atoms with Gasteiger partial charge in [0, 0.05) is 0 Å². The van der Waals surface area contributed by atoms with Gasteiger partial charge in [-0.15, -0.1) is 0 Å². The number of hydrogen-bond acceptors (Lipinski definition) is 4. The van der Waals surface area contributed by atoms with Gasteiger partial charge in [-0.2, -0.15) is 5.10 Å². The number of esters is 1. The van der Waals surface area contributed by atoms with Gasteiger partial charge in [-0.05, 0) is 36.8 Å². The minimum Gasteiger partial charge on any atom is -0.497 e. The average Bonchev–Trinajstić information content (AvgIpc) is 2.95. The molecule has 1 heterocycles. The molecule has 2 aromatic carbocycles. The lowest BCUT2D eigenvalue weighted by atomic mass is 10.2. The minimum atomic E-state index is -0.507. The lowest BCUT2D eigenvalue weighted by Crippen LogP contribution is -2.07. The largest absolute Gasteiger partial charge is 0.497 e. The Labute approximate surface area is 150 Å². The standard InChI is InChI=1S/C19H17ClN2O3/c1-13-17(18(20)22(21-13)15-8-4-3-5-9-15)19(23)25-12-14-7-6-10-16(11-14)24-2/h3-11H,12H2,1-2H3. The molecule has 0 N–H and O–H groups in total. The van der Waals surface area contributed by atoms with Gasteiger partial charge < -0.3 is 9.47 Å². The Hall–Kier alpha value is -2.79. The molecule has 3 rings (SSSR count). The SMILES string of the molecule is COc1cccc(COC(=O)c2c(C)nn(-c3ccccc3)c2Cl)c1. The van der Waals surface area contributed by atoms with Crippen LogP contribution >= 0.6 is 11.6 Å². The molecule has 0 fully saturated rings. The second kappa shape index (κ2) is 7.40. The van der Waals surface area contributed by atoms with Crippen molar-refractivity contribution in [2.24, 2.45) is 0 Å². The Morgan fingerprint density at radius 2 is 1.92 bits per heavy atom. The van der Waals surface area contributed by atoms with E-state index in [-0.39, 0.29) is 17.3 Å². The van der Waals surface area contributed by atoms with Gasteiger partial charge in [0.15, 0.2) is 0 Å². The molecule has 0 spiro atoms. The lowest BCUT2D eigenvalue weighted by Gasteiger charge is -2.07. The van der Waals surface area contributed by atoms with E-state index in [0.717, 1.165) is 11.3 Å². The summed E-state index contributed by atoms with van der Waals surface area (Å²) in [6.07, 6.45) is 0.